The molecule has 0 saturated heterocycles. The Hall–Kier alpha value is -2.93. The van der Waals surface area contributed by atoms with Crippen LogP contribution in [-0.4, -0.2) is 29.6 Å². The van der Waals surface area contributed by atoms with Crippen molar-refractivity contribution in [3.05, 3.63) is 59.7 Å². The van der Waals surface area contributed by atoms with Crippen LogP contribution in [0.15, 0.2) is 48.5 Å². The summed E-state index contributed by atoms with van der Waals surface area (Å²) < 4.78 is 4.67. The van der Waals surface area contributed by atoms with Gasteiger partial charge in [0.25, 0.3) is 0 Å². The van der Waals surface area contributed by atoms with E-state index in [1.807, 2.05) is 31.2 Å². The number of carbonyl (C=O) groups is 2. The van der Waals surface area contributed by atoms with Crippen LogP contribution in [-0.2, 0) is 9.53 Å². The lowest BCUT2D eigenvalue weighted by molar-refractivity contribution is -0.118. The molecule has 1 aliphatic rings. The van der Waals surface area contributed by atoms with Crippen LogP contribution >= 0.6 is 12.2 Å². The van der Waals surface area contributed by atoms with Crippen LogP contribution < -0.4 is 16.0 Å². The van der Waals surface area contributed by atoms with E-state index in [2.05, 4.69) is 20.7 Å². The van der Waals surface area contributed by atoms with Gasteiger partial charge < -0.3 is 20.7 Å². The predicted octanol–water partition coefficient (Wildman–Crippen LogP) is 3.24. The van der Waals surface area contributed by atoms with Gasteiger partial charge in [-0.15, -0.1) is 0 Å². The van der Waals surface area contributed by atoms with Crippen molar-refractivity contribution in [3.63, 3.8) is 0 Å². The Morgan fingerprint density at radius 2 is 1.70 bits per heavy atom. The molecule has 0 bridgehead atoms. The first-order valence-corrected chi connectivity index (χ1v) is 8.99. The summed E-state index contributed by atoms with van der Waals surface area (Å²) in [7, 11) is 1.34. The molecule has 140 valence electrons. The molecule has 1 fully saturated rings. The number of rotatable bonds is 5. The van der Waals surface area contributed by atoms with Crippen LogP contribution in [0.2, 0.25) is 0 Å². The van der Waals surface area contributed by atoms with Gasteiger partial charge in [0, 0.05) is 11.4 Å². The standard InChI is InChI=1S/C20H21N3O3S/c1-13-5-3-4-6-16(13)22-18(25)20(11-12-20)23-19(27)21-15-9-7-14(8-10-15)17(24)26-2/h3-10H,11-12H2,1-2H3,(H,22,25)(H2,21,23,27). The number of esters is 1. The molecule has 3 N–H and O–H groups in total. The maximum Gasteiger partial charge on any atom is 0.337 e. The first kappa shape index (κ1) is 18.8. The Bertz CT molecular complexity index is 876. The van der Waals surface area contributed by atoms with Gasteiger partial charge >= 0.3 is 5.97 Å². The van der Waals surface area contributed by atoms with Crippen molar-refractivity contribution in [2.45, 2.75) is 25.3 Å². The summed E-state index contributed by atoms with van der Waals surface area (Å²) in [5.41, 5.74) is 2.30. The number of methoxy groups -OCH3 is 1. The first-order chi connectivity index (χ1) is 12.9. The number of para-hydroxylation sites is 1. The molecule has 27 heavy (non-hydrogen) atoms. The summed E-state index contributed by atoms with van der Waals surface area (Å²) in [6.07, 6.45) is 1.43. The third kappa shape index (κ3) is 4.43. The van der Waals surface area contributed by atoms with Crippen molar-refractivity contribution in [1.29, 1.82) is 0 Å². The van der Waals surface area contributed by atoms with E-state index < -0.39 is 11.5 Å². The molecule has 6 nitrogen and oxygen atoms in total. The summed E-state index contributed by atoms with van der Waals surface area (Å²) in [5.74, 6) is -0.492. The predicted molar refractivity (Wildman–Crippen MR) is 109 cm³/mol. The molecule has 2 aromatic rings. The fraction of sp³-hybridized carbons (Fsp3) is 0.250. The average molecular weight is 383 g/mol. The third-order valence-corrected chi connectivity index (χ3v) is 4.70. The SMILES string of the molecule is COC(=O)c1ccc(NC(=S)NC2(C(=O)Nc3ccccc3C)CC2)cc1. The Morgan fingerprint density at radius 1 is 1.04 bits per heavy atom. The Morgan fingerprint density at radius 3 is 2.30 bits per heavy atom. The Balaban J connectivity index is 1.59. The summed E-state index contributed by atoms with van der Waals surface area (Å²) in [4.78, 5) is 24.1. The quantitative estimate of drug-likeness (QED) is 0.543. The highest BCUT2D eigenvalue weighted by atomic mass is 32.1. The van der Waals surface area contributed by atoms with Gasteiger partial charge in [-0.1, -0.05) is 18.2 Å². The van der Waals surface area contributed by atoms with Gasteiger partial charge in [0.05, 0.1) is 12.7 Å². The molecule has 1 aliphatic carbocycles. The fourth-order valence-corrected chi connectivity index (χ4v) is 2.99. The van der Waals surface area contributed by atoms with E-state index in [4.69, 9.17) is 12.2 Å². The van der Waals surface area contributed by atoms with E-state index in [9.17, 15) is 9.59 Å². The lowest BCUT2D eigenvalue weighted by atomic mass is 10.2. The molecule has 2 aromatic carbocycles. The minimum Gasteiger partial charge on any atom is -0.465 e. The fourth-order valence-electron chi connectivity index (χ4n) is 2.68. The first-order valence-electron chi connectivity index (χ1n) is 8.58. The molecule has 7 heteroatoms. The van der Waals surface area contributed by atoms with Gasteiger partial charge in [0.1, 0.15) is 5.54 Å². The second-order valence-corrected chi connectivity index (χ2v) is 6.91. The zero-order valence-corrected chi connectivity index (χ0v) is 16.0. The van der Waals surface area contributed by atoms with Crippen molar-refractivity contribution in [1.82, 2.24) is 5.32 Å². The number of anilines is 2. The number of hydrogen-bond donors (Lipinski definition) is 3. The number of thiocarbonyl (C=S) groups is 1. The number of ether oxygens (including phenoxy) is 1. The van der Waals surface area contributed by atoms with Crippen LogP contribution in [0.1, 0.15) is 28.8 Å². The molecular formula is C20H21N3O3S. The largest absolute Gasteiger partial charge is 0.465 e. The van der Waals surface area contributed by atoms with Crippen LogP contribution in [0.3, 0.4) is 0 Å². The topological polar surface area (TPSA) is 79.5 Å². The number of aryl methyl sites for hydroxylation is 1. The third-order valence-electron chi connectivity index (χ3n) is 4.49. The molecule has 3 rings (SSSR count). The van der Waals surface area contributed by atoms with E-state index in [1.165, 1.54) is 7.11 Å². The average Bonchev–Trinajstić information content (AvgIpc) is 3.44. The van der Waals surface area contributed by atoms with Gasteiger partial charge in [0.2, 0.25) is 5.91 Å². The molecule has 0 aromatic heterocycles. The van der Waals surface area contributed by atoms with Crippen LogP contribution in [0.5, 0.6) is 0 Å². The zero-order chi connectivity index (χ0) is 19.4. The Kier molecular flexibility index (Phi) is 5.41. The maximum atomic E-state index is 12.7. The van der Waals surface area contributed by atoms with Gasteiger partial charge in [0.15, 0.2) is 5.11 Å². The molecular weight excluding hydrogens is 362 g/mol. The molecule has 0 heterocycles. The van der Waals surface area contributed by atoms with Crippen molar-refractivity contribution < 1.29 is 14.3 Å². The summed E-state index contributed by atoms with van der Waals surface area (Å²) in [5, 5.41) is 9.49. The second-order valence-electron chi connectivity index (χ2n) is 6.50. The lowest BCUT2D eigenvalue weighted by Gasteiger charge is -2.20. The minimum absolute atomic E-state index is 0.0954. The van der Waals surface area contributed by atoms with Crippen molar-refractivity contribution in [2.24, 2.45) is 0 Å². The molecule has 1 amide bonds. The highest BCUT2D eigenvalue weighted by Gasteiger charge is 2.50. The highest BCUT2D eigenvalue weighted by molar-refractivity contribution is 7.80. The van der Waals surface area contributed by atoms with Gasteiger partial charge in [-0.05, 0) is 67.9 Å². The van der Waals surface area contributed by atoms with Crippen molar-refractivity contribution in [2.75, 3.05) is 17.7 Å². The van der Waals surface area contributed by atoms with Crippen molar-refractivity contribution in [3.8, 4) is 0 Å². The van der Waals surface area contributed by atoms with E-state index >= 15 is 0 Å². The van der Waals surface area contributed by atoms with Gasteiger partial charge in [-0.3, -0.25) is 4.79 Å². The molecule has 0 spiro atoms. The maximum absolute atomic E-state index is 12.7. The zero-order valence-electron chi connectivity index (χ0n) is 15.2. The van der Waals surface area contributed by atoms with Crippen LogP contribution in [0.25, 0.3) is 0 Å². The number of amides is 1. The summed E-state index contributed by atoms with van der Waals surface area (Å²) >= 11 is 5.35. The van der Waals surface area contributed by atoms with E-state index in [-0.39, 0.29) is 5.91 Å². The van der Waals surface area contributed by atoms with E-state index in [1.54, 1.807) is 24.3 Å². The smallest absolute Gasteiger partial charge is 0.337 e. The summed E-state index contributed by atoms with van der Waals surface area (Å²) in [6.45, 7) is 1.95. The van der Waals surface area contributed by atoms with Gasteiger partial charge in [-0.2, -0.15) is 0 Å². The molecule has 0 radical (unpaired) electrons. The highest BCUT2D eigenvalue weighted by Crippen LogP contribution is 2.37. The van der Waals surface area contributed by atoms with Crippen LogP contribution in [0.4, 0.5) is 11.4 Å². The molecule has 0 atom stereocenters. The lowest BCUT2D eigenvalue weighted by Crippen LogP contribution is -2.47. The number of carbonyl (C=O) groups excluding carboxylic acids is 2. The minimum atomic E-state index is -0.682. The van der Waals surface area contributed by atoms with Gasteiger partial charge in [-0.25, -0.2) is 4.79 Å². The number of nitrogens with one attached hydrogen (secondary N) is 3. The number of benzene rings is 2. The molecule has 1 saturated carbocycles. The second kappa shape index (κ2) is 7.75. The van der Waals surface area contributed by atoms with E-state index in [0.29, 0.717) is 23.5 Å². The Labute approximate surface area is 163 Å². The normalized spacial score (nSPS) is 14.0. The molecule has 0 aliphatic heterocycles. The van der Waals surface area contributed by atoms with Crippen molar-refractivity contribution >= 4 is 40.6 Å². The summed E-state index contributed by atoms with van der Waals surface area (Å²) in [6, 6.07) is 14.4. The van der Waals surface area contributed by atoms with Crippen LogP contribution in [0, 0.1) is 6.92 Å². The molecule has 0 unspecified atom stereocenters. The van der Waals surface area contributed by atoms with E-state index in [0.717, 1.165) is 16.9 Å². The monoisotopic (exact) mass is 383 g/mol. The number of hydrogen-bond acceptors (Lipinski definition) is 4.